The minimum atomic E-state index is -0.676. The van der Waals surface area contributed by atoms with E-state index in [0.717, 1.165) is 10.8 Å². The van der Waals surface area contributed by atoms with Gasteiger partial charge in [-0.15, -0.1) is 0 Å². The number of methoxy groups -OCH3 is 1. The van der Waals surface area contributed by atoms with Crippen LogP contribution in [0.5, 0.6) is 5.75 Å². The predicted molar refractivity (Wildman–Crippen MR) is 114 cm³/mol. The summed E-state index contributed by atoms with van der Waals surface area (Å²) in [6.45, 7) is 1.66. The first-order chi connectivity index (χ1) is 14.9. The molecule has 160 valence electrons. The number of ether oxygens (including phenoxy) is 1. The molecule has 8 nitrogen and oxygen atoms in total. The summed E-state index contributed by atoms with van der Waals surface area (Å²) in [4.78, 5) is 42.1. The number of anilines is 1. The summed E-state index contributed by atoms with van der Waals surface area (Å²) in [5.41, 5.74) is 0.0725. The lowest BCUT2D eigenvalue weighted by atomic mass is 10.2. The lowest BCUT2D eigenvalue weighted by Crippen LogP contribution is -2.36. The Kier molecular flexibility index (Phi) is 6.76. The second kappa shape index (κ2) is 9.66. The molecule has 0 aliphatic heterocycles. The third-order valence-corrected chi connectivity index (χ3v) is 4.41. The number of hydrogen-bond acceptors (Lipinski definition) is 5. The van der Waals surface area contributed by atoms with Gasteiger partial charge in [0.2, 0.25) is 5.91 Å². The van der Waals surface area contributed by atoms with Gasteiger partial charge in [0.15, 0.2) is 0 Å². The fraction of sp³-hybridized carbons (Fsp3) is 0.182. The van der Waals surface area contributed by atoms with E-state index in [1.807, 2.05) is 0 Å². The fourth-order valence-corrected chi connectivity index (χ4v) is 2.90. The van der Waals surface area contributed by atoms with Crippen molar-refractivity contribution in [3.05, 3.63) is 76.5 Å². The van der Waals surface area contributed by atoms with Crippen LogP contribution in [0.4, 0.5) is 10.1 Å². The SMILES string of the molecule is CCNC(=O)c1cnc(-c2ccc(F)cc2)n(CC(=O)Nc2ccc(OC)cc2)c1=O. The predicted octanol–water partition coefficient (Wildman–Crippen LogP) is 2.45. The third kappa shape index (κ3) is 5.13. The summed E-state index contributed by atoms with van der Waals surface area (Å²) in [5.74, 6) is -0.760. The van der Waals surface area contributed by atoms with Gasteiger partial charge in [-0.3, -0.25) is 19.0 Å². The first-order valence-corrected chi connectivity index (χ1v) is 9.50. The summed E-state index contributed by atoms with van der Waals surface area (Å²) in [6.07, 6.45) is 1.16. The van der Waals surface area contributed by atoms with E-state index in [1.165, 1.54) is 31.4 Å². The lowest BCUT2D eigenvalue weighted by molar-refractivity contribution is -0.116. The highest BCUT2D eigenvalue weighted by Crippen LogP contribution is 2.18. The maximum atomic E-state index is 13.3. The number of carbonyl (C=O) groups excluding carboxylic acids is 2. The zero-order valence-electron chi connectivity index (χ0n) is 17.0. The monoisotopic (exact) mass is 424 g/mol. The normalized spacial score (nSPS) is 10.4. The van der Waals surface area contributed by atoms with Gasteiger partial charge in [0.05, 0.1) is 7.11 Å². The Labute approximate surface area is 177 Å². The minimum Gasteiger partial charge on any atom is -0.497 e. The van der Waals surface area contributed by atoms with Crippen LogP contribution in [0.2, 0.25) is 0 Å². The standard InChI is InChI=1S/C22H21FN4O4/c1-3-24-21(29)18-12-25-20(14-4-6-15(23)7-5-14)27(22(18)30)13-19(28)26-16-8-10-17(31-2)11-9-16/h4-12H,3,13H2,1-2H3,(H,24,29)(H,26,28). The topological polar surface area (TPSA) is 102 Å². The number of rotatable bonds is 7. The van der Waals surface area contributed by atoms with E-state index in [9.17, 15) is 18.8 Å². The maximum absolute atomic E-state index is 13.3. The highest BCUT2D eigenvalue weighted by atomic mass is 19.1. The van der Waals surface area contributed by atoms with Crippen LogP contribution in [0.15, 0.2) is 59.5 Å². The molecule has 0 unspecified atom stereocenters. The number of benzene rings is 2. The summed E-state index contributed by atoms with van der Waals surface area (Å²) in [7, 11) is 1.53. The van der Waals surface area contributed by atoms with Gasteiger partial charge >= 0.3 is 0 Å². The Morgan fingerprint density at radius 2 is 1.77 bits per heavy atom. The Morgan fingerprint density at radius 3 is 2.39 bits per heavy atom. The highest BCUT2D eigenvalue weighted by molar-refractivity contribution is 5.94. The zero-order chi connectivity index (χ0) is 22.4. The molecule has 1 heterocycles. The third-order valence-electron chi connectivity index (χ3n) is 4.41. The van der Waals surface area contributed by atoms with Gasteiger partial charge in [-0.2, -0.15) is 0 Å². The van der Waals surface area contributed by atoms with Crippen molar-refractivity contribution in [2.45, 2.75) is 13.5 Å². The quantitative estimate of drug-likeness (QED) is 0.607. The molecule has 0 fully saturated rings. The molecule has 1 aromatic heterocycles. The van der Waals surface area contributed by atoms with Crippen molar-refractivity contribution in [3.8, 4) is 17.1 Å². The first-order valence-electron chi connectivity index (χ1n) is 9.50. The molecule has 0 atom stereocenters. The second-order valence-electron chi connectivity index (χ2n) is 6.53. The summed E-state index contributed by atoms with van der Waals surface area (Å²) in [5, 5.41) is 5.23. The van der Waals surface area contributed by atoms with Gasteiger partial charge in [-0.1, -0.05) is 0 Å². The van der Waals surface area contributed by atoms with E-state index < -0.39 is 29.7 Å². The average Bonchev–Trinajstić information content (AvgIpc) is 2.76. The van der Waals surface area contributed by atoms with Crippen LogP contribution in [-0.2, 0) is 11.3 Å². The Morgan fingerprint density at radius 1 is 1.10 bits per heavy atom. The molecule has 0 bridgehead atoms. The number of halogens is 1. The molecular weight excluding hydrogens is 403 g/mol. The van der Waals surface area contributed by atoms with Gasteiger partial charge in [-0.25, -0.2) is 9.37 Å². The molecule has 0 saturated heterocycles. The van der Waals surface area contributed by atoms with Crippen molar-refractivity contribution in [3.63, 3.8) is 0 Å². The van der Waals surface area contributed by atoms with E-state index in [2.05, 4.69) is 15.6 Å². The van der Waals surface area contributed by atoms with Gasteiger partial charge in [0.1, 0.15) is 29.5 Å². The first kappa shape index (κ1) is 21.7. The van der Waals surface area contributed by atoms with Gasteiger partial charge < -0.3 is 15.4 Å². The molecule has 2 amide bonds. The Bertz CT molecular complexity index is 1140. The molecule has 0 spiro atoms. The molecule has 0 radical (unpaired) electrons. The molecule has 3 aromatic rings. The number of nitrogens with zero attached hydrogens (tertiary/aromatic N) is 2. The summed E-state index contributed by atoms with van der Waals surface area (Å²) < 4.78 is 19.5. The molecule has 2 aromatic carbocycles. The van der Waals surface area contributed by atoms with Gasteiger partial charge in [-0.05, 0) is 55.5 Å². The van der Waals surface area contributed by atoms with E-state index >= 15 is 0 Å². The number of hydrogen-bond donors (Lipinski definition) is 2. The number of aromatic nitrogens is 2. The van der Waals surface area contributed by atoms with Crippen molar-refractivity contribution >= 4 is 17.5 Å². The number of amides is 2. The van der Waals surface area contributed by atoms with Crippen LogP contribution in [0.3, 0.4) is 0 Å². The molecule has 9 heteroatoms. The van der Waals surface area contributed by atoms with Crippen molar-refractivity contribution in [1.82, 2.24) is 14.9 Å². The van der Waals surface area contributed by atoms with Gasteiger partial charge in [0.25, 0.3) is 11.5 Å². The van der Waals surface area contributed by atoms with Crippen LogP contribution < -0.4 is 20.9 Å². The molecule has 0 aliphatic rings. The largest absolute Gasteiger partial charge is 0.497 e. The molecular formula is C22H21FN4O4. The van der Waals surface area contributed by atoms with Crippen molar-refractivity contribution in [2.75, 3.05) is 19.0 Å². The Balaban J connectivity index is 1.96. The highest BCUT2D eigenvalue weighted by Gasteiger charge is 2.19. The molecule has 3 rings (SSSR count). The summed E-state index contributed by atoms with van der Waals surface area (Å²) in [6, 6.07) is 12.0. The van der Waals surface area contributed by atoms with Crippen molar-refractivity contribution in [2.24, 2.45) is 0 Å². The smallest absolute Gasteiger partial charge is 0.267 e. The fourth-order valence-electron chi connectivity index (χ4n) is 2.90. The summed E-state index contributed by atoms with van der Waals surface area (Å²) >= 11 is 0. The molecule has 31 heavy (non-hydrogen) atoms. The molecule has 2 N–H and O–H groups in total. The average molecular weight is 424 g/mol. The minimum absolute atomic E-state index is 0.142. The number of carbonyl (C=O) groups is 2. The van der Waals surface area contributed by atoms with E-state index in [0.29, 0.717) is 23.5 Å². The van der Waals surface area contributed by atoms with Crippen LogP contribution in [0.25, 0.3) is 11.4 Å². The van der Waals surface area contributed by atoms with Crippen molar-refractivity contribution in [1.29, 1.82) is 0 Å². The van der Waals surface area contributed by atoms with Crippen LogP contribution in [0, 0.1) is 5.82 Å². The van der Waals surface area contributed by atoms with Gasteiger partial charge in [0, 0.05) is 24.0 Å². The zero-order valence-corrected chi connectivity index (χ0v) is 17.0. The maximum Gasteiger partial charge on any atom is 0.267 e. The van der Waals surface area contributed by atoms with Crippen LogP contribution >= 0.6 is 0 Å². The van der Waals surface area contributed by atoms with Crippen LogP contribution in [0.1, 0.15) is 17.3 Å². The molecule has 0 aliphatic carbocycles. The van der Waals surface area contributed by atoms with E-state index in [4.69, 9.17) is 4.74 Å². The Hall–Kier alpha value is -4.01. The van der Waals surface area contributed by atoms with Crippen molar-refractivity contribution < 1.29 is 18.7 Å². The molecule has 0 saturated carbocycles. The van der Waals surface area contributed by atoms with E-state index in [1.54, 1.807) is 31.2 Å². The lowest BCUT2D eigenvalue weighted by Gasteiger charge is -2.14. The van der Waals surface area contributed by atoms with E-state index in [-0.39, 0.29) is 11.4 Å². The number of nitrogens with one attached hydrogen (secondary N) is 2. The van der Waals surface area contributed by atoms with Crippen LogP contribution in [-0.4, -0.2) is 35.0 Å². The second-order valence-corrected chi connectivity index (χ2v) is 6.53.